The highest BCUT2D eigenvalue weighted by Crippen LogP contribution is 2.23. The van der Waals surface area contributed by atoms with Crippen molar-refractivity contribution in [3.05, 3.63) is 35.4 Å². The molecule has 4 nitrogen and oxygen atoms in total. The monoisotopic (exact) mass is 290 g/mol. The molecule has 1 aromatic carbocycles. The number of aryl methyl sites for hydroxylation is 1. The van der Waals surface area contributed by atoms with Crippen LogP contribution in [0.1, 0.15) is 36.8 Å². The summed E-state index contributed by atoms with van der Waals surface area (Å²) < 4.78 is 0. The number of rotatable bonds is 5. The molecule has 0 spiro atoms. The predicted octanol–water partition coefficient (Wildman–Crippen LogP) is 2.39. The number of nitrogens with one attached hydrogen (secondary N) is 2. The van der Waals surface area contributed by atoms with E-state index in [1.807, 2.05) is 6.07 Å². The Bertz CT molecular complexity index is 454. The number of aliphatic hydroxyl groups is 1. The van der Waals surface area contributed by atoms with E-state index >= 15 is 0 Å². The summed E-state index contributed by atoms with van der Waals surface area (Å²) in [5, 5.41) is 15.1. The SMILES string of the molecule is Cc1cccc(CCNC(=O)NC2CCC(CO)CC2)c1. The lowest BCUT2D eigenvalue weighted by molar-refractivity contribution is 0.174. The fraction of sp³-hybridized carbons (Fsp3) is 0.588. The minimum Gasteiger partial charge on any atom is -0.396 e. The number of benzene rings is 1. The first-order valence-corrected chi connectivity index (χ1v) is 7.88. The largest absolute Gasteiger partial charge is 0.396 e. The quantitative estimate of drug-likeness (QED) is 0.780. The van der Waals surface area contributed by atoms with E-state index < -0.39 is 0 Å². The molecular formula is C17H26N2O2. The van der Waals surface area contributed by atoms with Gasteiger partial charge in [0.15, 0.2) is 0 Å². The van der Waals surface area contributed by atoms with Crippen LogP contribution in [-0.4, -0.2) is 30.3 Å². The fourth-order valence-corrected chi connectivity index (χ4v) is 2.91. The topological polar surface area (TPSA) is 61.4 Å². The molecule has 0 aliphatic heterocycles. The van der Waals surface area contributed by atoms with Crippen molar-refractivity contribution < 1.29 is 9.90 Å². The maximum absolute atomic E-state index is 11.8. The van der Waals surface area contributed by atoms with Crippen molar-refractivity contribution in [3.8, 4) is 0 Å². The van der Waals surface area contributed by atoms with E-state index in [-0.39, 0.29) is 18.7 Å². The smallest absolute Gasteiger partial charge is 0.315 e. The van der Waals surface area contributed by atoms with Gasteiger partial charge in [-0.05, 0) is 50.5 Å². The number of aliphatic hydroxyl groups excluding tert-OH is 1. The molecule has 0 bridgehead atoms. The van der Waals surface area contributed by atoms with Crippen LogP contribution in [0.2, 0.25) is 0 Å². The van der Waals surface area contributed by atoms with Crippen molar-refractivity contribution in [2.45, 2.75) is 45.1 Å². The molecule has 0 atom stereocenters. The number of carbonyl (C=O) groups excluding carboxylic acids is 1. The summed E-state index contributed by atoms with van der Waals surface area (Å²) in [5.74, 6) is 0.424. The summed E-state index contributed by atoms with van der Waals surface area (Å²) in [6.07, 6.45) is 4.80. The van der Waals surface area contributed by atoms with Gasteiger partial charge in [-0.15, -0.1) is 0 Å². The van der Waals surface area contributed by atoms with Crippen LogP contribution in [0.15, 0.2) is 24.3 Å². The van der Waals surface area contributed by atoms with Gasteiger partial charge in [-0.2, -0.15) is 0 Å². The molecule has 0 aromatic heterocycles. The van der Waals surface area contributed by atoms with E-state index in [0.29, 0.717) is 12.5 Å². The van der Waals surface area contributed by atoms with Crippen LogP contribution in [-0.2, 0) is 6.42 Å². The Morgan fingerprint density at radius 1 is 1.29 bits per heavy atom. The maximum Gasteiger partial charge on any atom is 0.315 e. The van der Waals surface area contributed by atoms with Gasteiger partial charge in [0.25, 0.3) is 0 Å². The molecule has 116 valence electrons. The fourth-order valence-electron chi connectivity index (χ4n) is 2.91. The summed E-state index contributed by atoms with van der Waals surface area (Å²) in [7, 11) is 0. The molecule has 2 amide bonds. The normalized spacial score (nSPS) is 21.8. The van der Waals surface area contributed by atoms with Gasteiger partial charge in [-0.3, -0.25) is 0 Å². The second-order valence-corrected chi connectivity index (χ2v) is 6.04. The van der Waals surface area contributed by atoms with Crippen molar-refractivity contribution in [1.82, 2.24) is 10.6 Å². The molecule has 21 heavy (non-hydrogen) atoms. The molecule has 1 saturated carbocycles. The number of hydrogen-bond acceptors (Lipinski definition) is 2. The lowest BCUT2D eigenvalue weighted by atomic mass is 9.87. The molecule has 0 unspecified atom stereocenters. The third-order valence-corrected chi connectivity index (χ3v) is 4.22. The van der Waals surface area contributed by atoms with Gasteiger partial charge >= 0.3 is 6.03 Å². The van der Waals surface area contributed by atoms with Crippen LogP contribution < -0.4 is 10.6 Å². The molecule has 0 radical (unpaired) electrons. The Morgan fingerprint density at radius 2 is 2.05 bits per heavy atom. The van der Waals surface area contributed by atoms with Crippen LogP contribution in [0.25, 0.3) is 0 Å². The standard InChI is InChI=1S/C17H26N2O2/c1-13-3-2-4-14(11-13)9-10-18-17(21)19-16-7-5-15(12-20)6-8-16/h2-4,11,15-16,20H,5-10,12H2,1H3,(H2,18,19,21). The summed E-state index contributed by atoms with van der Waals surface area (Å²) >= 11 is 0. The zero-order valence-electron chi connectivity index (χ0n) is 12.8. The van der Waals surface area contributed by atoms with Gasteiger partial charge in [-0.1, -0.05) is 29.8 Å². The highest BCUT2D eigenvalue weighted by atomic mass is 16.3. The van der Waals surface area contributed by atoms with Crippen molar-refractivity contribution in [2.75, 3.05) is 13.2 Å². The van der Waals surface area contributed by atoms with Gasteiger partial charge in [-0.25, -0.2) is 4.79 Å². The van der Waals surface area contributed by atoms with E-state index in [4.69, 9.17) is 5.11 Å². The maximum atomic E-state index is 11.8. The number of amides is 2. The Kier molecular flexibility index (Phi) is 6.05. The number of carbonyl (C=O) groups is 1. The minimum absolute atomic E-state index is 0.0740. The van der Waals surface area contributed by atoms with Crippen LogP contribution in [0.3, 0.4) is 0 Å². The number of urea groups is 1. The molecule has 1 fully saturated rings. The third kappa shape index (κ3) is 5.38. The predicted molar refractivity (Wildman–Crippen MR) is 84.2 cm³/mol. The van der Waals surface area contributed by atoms with Crippen molar-refractivity contribution in [1.29, 1.82) is 0 Å². The van der Waals surface area contributed by atoms with Gasteiger partial charge < -0.3 is 15.7 Å². The summed E-state index contributed by atoms with van der Waals surface area (Å²) in [4.78, 5) is 11.8. The summed E-state index contributed by atoms with van der Waals surface area (Å²) in [5.41, 5.74) is 2.50. The van der Waals surface area contributed by atoms with Gasteiger partial charge in [0.1, 0.15) is 0 Å². The second-order valence-electron chi connectivity index (χ2n) is 6.04. The first kappa shape index (κ1) is 15.8. The van der Waals surface area contributed by atoms with Crippen LogP contribution in [0.4, 0.5) is 4.79 Å². The first-order valence-electron chi connectivity index (χ1n) is 7.88. The zero-order valence-corrected chi connectivity index (χ0v) is 12.8. The average molecular weight is 290 g/mol. The summed E-state index contributed by atoms with van der Waals surface area (Å²) in [6, 6.07) is 8.54. The highest BCUT2D eigenvalue weighted by molar-refractivity contribution is 5.74. The Morgan fingerprint density at radius 3 is 2.71 bits per heavy atom. The van der Waals surface area contributed by atoms with Crippen LogP contribution >= 0.6 is 0 Å². The molecule has 4 heteroatoms. The Hall–Kier alpha value is -1.55. The lowest BCUT2D eigenvalue weighted by Gasteiger charge is -2.27. The zero-order chi connectivity index (χ0) is 15.1. The van der Waals surface area contributed by atoms with Gasteiger partial charge in [0.05, 0.1) is 0 Å². The first-order chi connectivity index (χ1) is 10.2. The van der Waals surface area contributed by atoms with Crippen molar-refractivity contribution in [3.63, 3.8) is 0 Å². The van der Waals surface area contributed by atoms with Crippen molar-refractivity contribution >= 4 is 6.03 Å². The van der Waals surface area contributed by atoms with E-state index in [1.165, 1.54) is 11.1 Å². The van der Waals surface area contributed by atoms with E-state index in [9.17, 15) is 4.79 Å². The molecule has 1 aromatic rings. The molecule has 1 aliphatic carbocycles. The number of hydrogen-bond donors (Lipinski definition) is 3. The molecule has 2 rings (SSSR count). The lowest BCUT2D eigenvalue weighted by Crippen LogP contribution is -2.44. The average Bonchev–Trinajstić information content (AvgIpc) is 2.48. The van der Waals surface area contributed by atoms with Crippen LogP contribution in [0, 0.1) is 12.8 Å². The Labute approximate surface area is 126 Å². The van der Waals surface area contributed by atoms with Gasteiger partial charge in [0, 0.05) is 19.2 Å². The van der Waals surface area contributed by atoms with Crippen molar-refractivity contribution in [2.24, 2.45) is 5.92 Å². The van der Waals surface area contributed by atoms with E-state index in [0.717, 1.165) is 32.1 Å². The molecule has 3 N–H and O–H groups in total. The summed E-state index contributed by atoms with van der Waals surface area (Å²) in [6.45, 7) is 3.00. The second kappa shape index (κ2) is 8.03. The Balaban J connectivity index is 1.64. The van der Waals surface area contributed by atoms with E-state index in [2.05, 4.69) is 35.8 Å². The molecule has 0 heterocycles. The highest BCUT2D eigenvalue weighted by Gasteiger charge is 2.21. The third-order valence-electron chi connectivity index (χ3n) is 4.22. The molecule has 0 saturated heterocycles. The molecular weight excluding hydrogens is 264 g/mol. The molecule has 1 aliphatic rings. The van der Waals surface area contributed by atoms with E-state index in [1.54, 1.807) is 0 Å². The van der Waals surface area contributed by atoms with Gasteiger partial charge in [0.2, 0.25) is 0 Å². The van der Waals surface area contributed by atoms with Crippen LogP contribution in [0.5, 0.6) is 0 Å². The minimum atomic E-state index is -0.0740.